The van der Waals surface area contributed by atoms with Crippen LogP contribution in [0.5, 0.6) is 11.5 Å². The molecule has 0 saturated carbocycles. The summed E-state index contributed by atoms with van der Waals surface area (Å²) >= 11 is 2.23. The maximum Gasteiger partial charge on any atom is 0.338 e. The number of carbonyl (C=O) groups excluding carboxylic acids is 4. The van der Waals surface area contributed by atoms with Gasteiger partial charge in [0.05, 0.1) is 35.9 Å². The number of nitrogens with one attached hydrogen (secondary N) is 2. The van der Waals surface area contributed by atoms with Crippen molar-refractivity contribution in [1.82, 2.24) is 4.98 Å². The number of hydrogen-bond donors (Lipinski definition) is 2. The lowest BCUT2D eigenvalue weighted by Gasteiger charge is -2.30. The summed E-state index contributed by atoms with van der Waals surface area (Å²) in [5.41, 5.74) is 3.01. The number of H-pyrrole nitrogens is 1. The van der Waals surface area contributed by atoms with E-state index in [0.717, 1.165) is 16.9 Å². The number of carbonyl (C=O) groups is 4. The van der Waals surface area contributed by atoms with Crippen LogP contribution in [0, 0.1) is 12.8 Å². The van der Waals surface area contributed by atoms with Crippen molar-refractivity contribution in [3.05, 3.63) is 98.0 Å². The smallest absolute Gasteiger partial charge is 0.338 e. The van der Waals surface area contributed by atoms with Crippen molar-refractivity contribution in [3.8, 4) is 11.5 Å². The first-order chi connectivity index (χ1) is 22.2. The van der Waals surface area contributed by atoms with Gasteiger partial charge in [-0.25, -0.2) is 9.69 Å². The number of aromatic nitrogens is 1. The highest BCUT2D eigenvalue weighted by atomic mass is 32.2. The van der Waals surface area contributed by atoms with Crippen molar-refractivity contribution >= 4 is 58.2 Å². The molecule has 1 saturated heterocycles. The molecule has 0 aliphatic carbocycles. The van der Waals surface area contributed by atoms with E-state index in [4.69, 9.17) is 14.2 Å². The van der Waals surface area contributed by atoms with E-state index >= 15 is 0 Å². The molecule has 3 heterocycles. The molecule has 2 aliphatic heterocycles. The Labute approximate surface area is 271 Å². The van der Waals surface area contributed by atoms with Crippen LogP contribution in [0.25, 0.3) is 0 Å². The fourth-order valence-electron chi connectivity index (χ4n) is 5.57. The summed E-state index contributed by atoms with van der Waals surface area (Å²) in [6, 6.07) is 18.6. The number of nitrogens with zero attached hydrogens (tertiary/aromatic N) is 1. The van der Waals surface area contributed by atoms with Gasteiger partial charge in [0.2, 0.25) is 11.8 Å². The molecule has 0 spiro atoms. The van der Waals surface area contributed by atoms with Gasteiger partial charge < -0.3 is 24.5 Å². The Balaban J connectivity index is 1.22. The maximum absolute atomic E-state index is 14.0. The predicted octanol–water partition coefficient (Wildman–Crippen LogP) is 4.74. The van der Waals surface area contributed by atoms with Crippen LogP contribution >= 0.6 is 23.1 Å². The van der Waals surface area contributed by atoms with E-state index in [1.165, 1.54) is 23.8 Å². The summed E-state index contributed by atoms with van der Waals surface area (Å²) in [6.07, 6.45) is 0. The number of benzene rings is 3. The SMILES string of the molecule is CCOC(=O)c1ccc(NC(=O)COc2ccc(C3c4sc(=O)[nH]c4SC4C(=O)N(c5ccc(C)cc5)C(=O)C43)cc2OC)cc1. The number of thiazole rings is 1. The van der Waals surface area contributed by atoms with Gasteiger partial charge in [0.25, 0.3) is 5.91 Å². The molecule has 3 unspecified atom stereocenters. The summed E-state index contributed by atoms with van der Waals surface area (Å²) < 4.78 is 16.4. The number of rotatable bonds is 9. The van der Waals surface area contributed by atoms with Gasteiger partial charge in [-0.3, -0.25) is 19.2 Å². The number of aryl methyl sites for hydroxylation is 1. The molecule has 1 aromatic heterocycles. The second-order valence-electron chi connectivity index (χ2n) is 10.6. The number of ether oxygens (including phenoxy) is 3. The average molecular weight is 660 g/mol. The number of methoxy groups -OCH3 is 1. The van der Waals surface area contributed by atoms with Gasteiger partial charge in [0, 0.05) is 16.5 Å². The van der Waals surface area contributed by atoms with Crippen LogP contribution in [-0.4, -0.2) is 54.2 Å². The molecule has 1 fully saturated rings. The minimum absolute atomic E-state index is 0.263. The quantitative estimate of drug-likeness (QED) is 0.192. The molecule has 0 bridgehead atoms. The van der Waals surface area contributed by atoms with Crippen LogP contribution in [0.3, 0.4) is 0 Å². The molecule has 3 amide bonds. The number of aromatic amines is 1. The summed E-state index contributed by atoms with van der Waals surface area (Å²) in [4.78, 5) is 69.0. The fraction of sp³-hybridized carbons (Fsp3) is 0.242. The fourth-order valence-corrected chi connectivity index (χ4v) is 8.08. The van der Waals surface area contributed by atoms with Crippen LogP contribution in [0.15, 0.2) is 76.6 Å². The highest BCUT2D eigenvalue weighted by molar-refractivity contribution is 8.00. The second kappa shape index (κ2) is 12.9. The Morgan fingerprint density at radius 1 is 0.957 bits per heavy atom. The minimum Gasteiger partial charge on any atom is -0.493 e. The van der Waals surface area contributed by atoms with E-state index in [9.17, 15) is 24.0 Å². The number of hydrogen-bond acceptors (Lipinski definition) is 10. The molecule has 3 aromatic carbocycles. The first-order valence-corrected chi connectivity index (χ1v) is 16.1. The minimum atomic E-state index is -0.754. The van der Waals surface area contributed by atoms with Gasteiger partial charge >= 0.3 is 10.8 Å². The van der Waals surface area contributed by atoms with Gasteiger partial charge in [-0.1, -0.05) is 46.9 Å². The lowest BCUT2D eigenvalue weighted by Crippen LogP contribution is -2.32. The van der Waals surface area contributed by atoms with Crippen molar-refractivity contribution < 1.29 is 33.4 Å². The van der Waals surface area contributed by atoms with Crippen molar-refractivity contribution in [2.24, 2.45) is 5.92 Å². The monoisotopic (exact) mass is 659 g/mol. The molecule has 2 N–H and O–H groups in total. The molecular formula is C33H29N3O8S2. The zero-order valence-corrected chi connectivity index (χ0v) is 26.7. The molecule has 0 radical (unpaired) electrons. The van der Waals surface area contributed by atoms with Crippen LogP contribution in [0.1, 0.15) is 39.2 Å². The van der Waals surface area contributed by atoms with Crippen LogP contribution < -0.4 is 24.6 Å². The Kier molecular flexibility index (Phi) is 8.69. The maximum atomic E-state index is 14.0. The summed E-state index contributed by atoms with van der Waals surface area (Å²) in [6.45, 7) is 3.58. The number of thioether (sulfide) groups is 1. The summed E-state index contributed by atoms with van der Waals surface area (Å²) in [5.74, 6) is -2.30. The largest absolute Gasteiger partial charge is 0.493 e. The van der Waals surface area contributed by atoms with Gasteiger partial charge in [0.1, 0.15) is 5.25 Å². The Morgan fingerprint density at radius 2 is 1.70 bits per heavy atom. The second-order valence-corrected chi connectivity index (χ2v) is 12.8. The van der Waals surface area contributed by atoms with Crippen LogP contribution in [0.2, 0.25) is 0 Å². The number of amides is 3. The third kappa shape index (κ3) is 5.90. The van der Waals surface area contributed by atoms with Crippen molar-refractivity contribution in [2.75, 3.05) is 30.5 Å². The summed E-state index contributed by atoms with van der Waals surface area (Å²) in [5, 5.41) is 2.55. The zero-order valence-electron chi connectivity index (χ0n) is 25.0. The molecular weight excluding hydrogens is 631 g/mol. The molecule has 2 aliphatic rings. The van der Waals surface area contributed by atoms with Crippen LogP contribution in [0.4, 0.5) is 11.4 Å². The molecule has 6 rings (SSSR count). The van der Waals surface area contributed by atoms with E-state index in [-0.39, 0.29) is 29.9 Å². The average Bonchev–Trinajstić information content (AvgIpc) is 3.54. The van der Waals surface area contributed by atoms with Gasteiger partial charge in [-0.15, -0.1) is 0 Å². The number of imide groups is 1. The number of fused-ring (bicyclic) bond motifs is 2. The normalized spacial score (nSPS) is 18.5. The highest BCUT2D eigenvalue weighted by Crippen LogP contribution is 2.53. The van der Waals surface area contributed by atoms with E-state index in [1.54, 1.807) is 61.5 Å². The first-order valence-electron chi connectivity index (χ1n) is 14.4. The van der Waals surface area contributed by atoms with E-state index in [2.05, 4.69) is 10.3 Å². The number of esters is 1. The third-order valence-electron chi connectivity index (χ3n) is 7.70. The van der Waals surface area contributed by atoms with Crippen LogP contribution in [-0.2, 0) is 19.1 Å². The molecule has 46 heavy (non-hydrogen) atoms. The standard InChI is InChI=1S/C33H29N3O8S2/c1-4-43-32(40)18-7-10-20(11-8-18)34-24(37)16-44-22-14-9-19(15-23(22)42-3)25-26-28(45-29-27(25)46-33(41)35-29)31(39)36(30(26)38)21-12-5-17(2)6-13-21/h5-15,25-26,28H,4,16H2,1-3H3,(H,34,37)(H,35,41). The highest BCUT2D eigenvalue weighted by Gasteiger charge is 2.56. The summed E-state index contributed by atoms with van der Waals surface area (Å²) in [7, 11) is 1.46. The lowest BCUT2D eigenvalue weighted by molar-refractivity contribution is -0.122. The van der Waals surface area contributed by atoms with E-state index in [0.29, 0.717) is 43.9 Å². The molecule has 236 valence electrons. The van der Waals surface area contributed by atoms with E-state index in [1.807, 2.05) is 19.1 Å². The Hall–Kier alpha value is -4.88. The van der Waals surface area contributed by atoms with E-state index < -0.39 is 29.0 Å². The van der Waals surface area contributed by atoms with Crippen molar-refractivity contribution in [2.45, 2.75) is 30.0 Å². The van der Waals surface area contributed by atoms with Gasteiger partial charge in [0.15, 0.2) is 18.1 Å². The van der Waals surface area contributed by atoms with Gasteiger partial charge in [-0.2, -0.15) is 0 Å². The third-order valence-corrected chi connectivity index (χ3v) is 10.1. The number of anilines is 2. The molecule has 11 nitrogen and oxygen atoms in total. The topological polar surface area (TPSA) is 144 Å². The van der Waals surface area contributed by atoms with Gasteiger partial charge in [-0.05, 0) is 67.9 Å². The van der Waals surface area contributed by atoms with Crippen molar-refractivity contribution in [1.29, 1.82) is 0 Å². The predicted molar refractivity (Wildman–Crippen MR) is 173 cm³/mol. The zero-order chi connectivity index (χ0) is 32.5. The van der Waals surface area contributed by atoms with Crippen molar-refractivity contribution in [3.63, 3.8) is 0 Å². The molecule has 13 heteroatoms. The Morgan fingerprint density at radius 3 is 2.39 bits per heavy atom. The lowest BCUT2D eigenvalue weighted by atomic mass is 9.83. The first kappa shape index (κ1) is 31.1. The molecule has 3 atom stereocenters. The Bertz CT molecular complexity index is 1880. The molecule has 4 aromatic rings.